The molecular formula is C25H27N5O. The third-order valence-electron chi connectivity index (χ3n) is 5.73. The van der Waals surface area contributed by atoms with Crippen LogP contribution in [0, 0.1) is 6.92 Å². The highest BCUT2D eigenvalue weighted by molar-refractivity contribution is 5.58. The van der Waals surface area contributed by atoms with Gasteiger partial charge in [-0.1, -0.05) is 32.0 Å². The lowest BCUT2D eigenvalue weighted by molar-refractivity contribution is 0.242. The number of furan rings is 1. The molecule has 1 aliphatic rings. The zero-order chi connectivity index (χ0) is 21.4. The Bertz CT molecular complexity index is 1190. The molecule has 0 fully saturated rings. The number of aryl methyl sites for hydroxylation is 1. The van der Waals surface area contributed by atoms with E-state index in [2.05, 4.69) is 42.1 Å². The van der Waals surface area contributed by atoms with E-state index in [9.17, 15) is 0 Å². The van der Waals surface area contributed by atoms with Gasteiger partial charge in [-0.3, -0.25) is 4.90 Å². The Balaban J connectivity index is 1.44. The lowest BCUT2D eigenvalue weighted by atomic mass is 10.1. The number of nitrogens with zero attached hydrogens (tertiary/aromatic N) is 5. The molecule has 1 aliphatic heterocycles. The maximum Gasteiger partial charge on any atom is 0.154 e. The maximum absolute atomic E-state index is 5.93. The van der Waals surface area contributed by atoms with Crippen LogP contribution in [0.1, 0.15) is 48.2 Å². The summed E-state index contributed by atoms with van der Waals surface area (Å²) in [6, 6.07) is 14.2. The normalized spacial score (nSPS) is 14.2. The van der Waals surface area contributed by atoms with E-state index in [0.29, 0.717) is 5.92 Å². The van der Waals surface area contributed by atoms with E-state index in [1.165, 1.54) is 11.3 Å². The van der Waals surface area contributed by atoms with Crippen molar-refractivity contribution in [3.8, 4) is 17.1 Å². The summed E-state index contributed by atoms with van der Waals surface area (Å²) < 4.78 is 7.87. The van der Waals surface area contributed by atoms with Gasteiger partial charge in [-0.2, -0.15) is 5.10 Å². The van der Waals surface area contributed by atoms with Gasteiger partial charge < -0.3 is 4.42 Å². The van der Waals surface area contributed by atoms with Crippen LogP contribution in [0.3, 0.4) is 0 Å². The summed E-state index contributed by atoms with van der Waals surface area (Å²) in [5.41, 5.74) is 5.51. The summed E-state index contributed by atoms with van der Waals surface area (Å²) in [5, 5.41) is 4.88. The topological polar surface area (TPSA) is 60.0 Å². The van der Waals surface area contributed by atoms with Gasteiger partial charge in [0.1, 0.15) is 17.3 Å². The van der Waals surface area contributed by atoms with E-state index < -0.39 is 0 Å². The summed E-state index contributed by atoms with van der Waals surface area (Å²) in [5.74, 6) is 2.99. The Labute approximate surface area is 182 Å². The number of fused-ring (bicyclic) bond motifs is 1. The smallest absolute Gasteiger partial charge is 0.154 e. The SMILES string of the molecule is Cc1ccc(-c2nn(-c3ccccc3)cc2CN2CCc3nc(C(C)C)ncc3C2)o1. The lowest BCUT2D eigenvalue weighted by Gasteiger charge is -2.28. The summed E-state index contributed by atoms with van der Waals surface area (Å²) in [7, 11) is 0. The van der Waals surface area contributed by atoms with Gasteiger partial charge in [-0.15, -0.1) is 0 Å². The van der Waals surface area contributed by atoms with Gasteiger partial charge in [-0.05, 0) is 31.2 Å². The van der Waals surface area contributed by atoms with Crippen LogP contribution in [-0.4, -0.2) is 31.2 Å². The molecule has 5 rings (SSSR count). The summed E-state index contributed by atoms with van der Waals surface area (Å²) in [6.07, 6.45) is 5.07. The molecule has 0 unspecified atom stereocenters. The number of benzene rings is 1. The molecule has 4 aromatic rings. The second-order valence-corrected chi connectivity index (χ2v) is 8.51. The quantitative estimate of drug-likeness (QED) is 0.465. The van der Waals surface area contributed by atoms with Crippen LogP contribution < -0.4 is 0 Å². The molecule has 0 spiro atoms. The van der Waals surface area contributed by atoms with E-state index in [0.717, 1.165) is 60.3 Å². The van der Waals surface area contributed by atoms with E-state index >= 15 is 0 Å². The molecule has 0 saturated heterocycles. The molecule has 158 valence electrons. The van der Waals surface area contributed by atoms with Gasteiger partial charge in [0, 0.05) is 61.2 Å². The number of hydrogen-bond acceptors (Lipinski definition) is 5. The summed E-state index contributed by atoms with van der Waals surface area (Å²) in [4.78, 5) is 11.8. The fraction of sp³-hybridized carbons (Fsp3) is 0.320. The van der Waals surface area contributed by atoms with Gasteiger partial charge in [0.25, 0.3) is 0 Å². The molecule has 1 aromatic carbocycles. The Kier molecular flexibility index (Phi) is 5.16. The second kappa shape index (κ2) is 8.12. The monoisotopic (exact) mass is 413 g/mol. The van der Waals surface area contributed by atoms with Gasteiger partial charge in [0.05, 0.1) is 5.69 Å². The molecule has 0 aliphatic carbocycles. The Morgan fingerprint density at radius 1 is 1.10 bits per heavy atom. The minimum absolute atomic E-state index is 0.353. The average molecular weight is 414 g/mol. The standard InChI is InChI=1S/C25H27N5O/c1-17(2)25-26-13-19-14-29(12-11-22(19)27-25)15-20-16-30(21-7-5-4-6-8-21)28-24(20)23-10-9-18(3)31-23/h4-10,13,16-17H,11-12,14-15H2,1-3H3. The van der Waals surface area contributed by atoms with Crippen LogP contribution in [0.5, 0.6) is 0 Å². The van der Waals surface area contributed by atoms with Crippen LogP contribution in [0.25, 0.3) is 17.1 Å². The first kappa shape index (κ1) is 19.7. The first-order chi connectivity index (χ1) is 15.1. The predicted octanol–water partition coefficient (Wildman–Crippen LogP) is 4.91. The fourth-order valence-corrected chi connectivity index (χ4v) is 4.05. The maximum atomic E-state index is 5.93. The Hall–Kier alpha value is -3.25. The molecule has 0 bridgehead atoms. The number of para-hydroxylation sites is 1. The van der Waals surface area contributed by atoms with Gasteiger partial charge in [-0.25, -0.2) is 14.6 Å². The van der Waals surface area contributed by atoms with Crippen molar-refractivity contribution in [2.24, 2.45) is 0 Å². The number of hydrogen-bond donors (Lipinski definition) is 0. The van der Waals surface area contributed by atoms with Crippen LogP contribution in [-0.2, 0) is 19.5 Å². The van der Waals surface area contributed by atoms with Crippen molar-refractivity contribution >= 4 is 0 Å². The van der Waals surface area contributed by atoms with E-state index in [-0.39, 0.29) is 0 Å². The van der Waals surface area contributed by atoms with E-state index in [4.69, 9.17) is 14.5 Å². The Morgan fingerprint density at radius 2 is 1.94 bits per heavy atom. The van der Waals surface area contributed by atoms with E-state index in [1.54, 1.807) is 0 Å². The molecule has 0 radical (unpaired) electrons. The average Bonchev–Trinajstić information content (AvgIpc) is 3.40. The van der Waals surface area contributed by atoms with Crippen LogP contribution in [0.4, 0.5) is 0 Å². The van der Waals surface area contributed by atoms with Gasteiger partial charge in [0.2, 0.25) is 0 Å². The van der Waals surface area contributed by atoms with Crippen molar-refractivity contribution in [1.82, 2.24) is 24.6 Å². The largest absolute Gasteiger partial charge is 0.460 e. The summed E-state index contributed by atoms with van der Waals surface area (Å²) >= 11 is 0. The highest BCUT2D eigenvalue weighted by atomic mass is 16.3. The van der Waals surface area contributed by atoms with Crippen LogP contribution in [0.2, 0.25) is 0 Å². The molecule has 3 aromatic heterocycles. The first-order valence-electron chi connectivity index (χ1n) is 10.8. The van der Waals surface area contributed by atoms with Crippen LogP contribution >= 0.6 is 0 Å². The minimum atomic E-state index is 0.353. The van der Waals surface area contributed by atoms with Crippen molar-refractivity contribution in [2.45, 2.75) is 46.2 Å². The van der Waals surface area contributed by atoms with Crippen molar-refractivity contribution < 1.29 is 4.42 Å². The van der Waals surface area contributed by atoms with E-state index in [1.807, 2.05) is 48.1 Å². The predicted molar refractivity (Wildman–Crippen MR) is 120 cm³/mol. The van der Waals surface area contributed by atoms with Crippen molar-refractivity contribution in [3.05, 3.63) is 83.3 Å². The first-order valence-corrected chi connectivity index (χ1v) is 10.8. The zero-order valence-corrected chi connectivity index (χ0v) is 18.2. The molecule has 0 saturated carbocycles. The zero-order valence-electron chi connectivity index (χ0n) is 18.2. The fourth-order valence-electron chi connectivity index (χ4n) is 4.05. The molecular weight excluding hydrogens is 386 g/mol. The molecule has 6 nitrogen and oxygen atoms in total. The highest BCUT2D eigenvalue weighted by Crippen LogP contribution is 2.28. The third kappa shape index (κ3) is 4.03. The van der Waals surface area contributed by atoms with Crippen molar-refractivity contribution in [2.75, 3.05) is 6.54 Å². The molecule has 4 heterocycles. The highest BCUT2D eigenvalue weighted by Gasteiger charge is 2.22. The van der Waals surface area contributed by atoms with Gasteiger partial charge in [0.15, 0.2) is 5.76 Å². The van der Waals surface area contributed by atoms with Crippen molar-refractivity contribution in [3.63, 3.8) is 0 Å². The Morgan fingerprint density at radius 3 is 2.68 bits per heavy atom. The lowest BCUT2D eigenvalue weighted by Crippen LogP contribution is -2.31. The van der Waals surface area contributed by atoms with Gasteiger partial charge >= 0.3 is 0 Å². The minimum Gasteiger partial charge on any atom is -0.460 e. The second-order valence-electron chi connectivity index (χ2n) is 8.51. The summed E-state index contributed by atoms with van der Waals surface area (Å²) in [6.45, 7) is 8.85. The molecule has 31 heavy (non-hydrogen) atoms. The van der Waals surface area contributed by atoms with Crippen molar-refractivity contribution in [1.29, 1.82) is 0 Å². The number of aromatic nitrogens is 4. The molecule has 0 amide bonds. The number of rotatable bonds is 5. The molecule has 0 atom stereocenters. The molecule has 6 heteroatoms. The molecule has 0 N–H and O–H groups in total. The third-order valence-corrected chi connectivity index (χ3v) is 5.73. The van der Waals surface area contributed by atoms with Crippen LogP contribution in [0.15, 0.2) is 59.3 Å².